The number of hydrogen-bond acceptors (Lipinski definition) is 4. The lowest BCUT2D eigenvalue weighted by molar-refractivity contribution is 0.396. The molecule has 0 fully saturated rings. The van der Waals surface area contributed by atoms with Crippen LogP contribution in [0.5, 0.6) is 0 Å². The molecule has 0 aliphatic heterocycles. The summed E-state index contributed by atoms with van der Waals surface area (Å²) in [4.78, 5) is 3.03. The van der Waals surface area contributed by atoms with Gasteiger partial charge in [-0.2, -0.15) is 0 Å². The van der Waals surface area contributed by atoms with E-state index in [9.17, 15) is 0 Å². The van der Waals surface area contributed by atoms with Crippen LogP contribution in [0.4, 0.5) is 0 Å². The van der Waals surface area contributed by atoms with E-state index in [-0.39, 0.29) is 0 Å². The lowest BCUT2D eigenvalue weighted by atomic mass is 9.77. The molecule has 6 heteroatoms. The quantitative estimate of drug-likeness (QED) is 0.140. The van der Waals surface area contributed by atoms with Gasteiger partial charge < -0.3 is 0 Å². The van der Waals surface area contributed by atoms with Crippen LogP contribution in [0.2, 0.25) is 0 Å². The Kier molecular flexibility index (Phi) is 6.68. The first-order chi connectivity index (χ1) is 18.2. The van der Waals surface area contributed by atoms with Crippen molar-refractivity contribution in [1.29, 1.82) is 0 Å². The van der Waals surface area contributed by atoms with Crippen LogP contribution >= 0.6 is 33.9 Å². The Morgan fingerprint density at radius 1 is 0.676 bits per heavy atom. The molecule has 0 saturated carbocycles. The Morgan fingerprint density at radius 3 is 1.68 bits per heavy atom. The summed E-state index contributed by atoms with van der Waals surface area (Å²) in [6.07, 6.45) is 0.833. The van der Waals surface area contributed by atoms with Crippen LogP contribution in [0.1, 0.15) is 27.1 Å². The van der Waals surface area contributed by atoms with E-state index in [4.69, 9.17) is 10.3 Å². The van der Waals surface area contributed by atoms with Gasteiger partial charge in [-0.15, -0.1) is 26.3 Å². The molecule has 0 amide bonds. The van der Waals surface area contributed by atoms with Gasteiger partial charge >= 0.3 is 0 Å². The third-order valence-corrected chi connectivity index (χ3v) is 8.41. The maximum Gasteiger partial charge on any atom is 0.206 e. The second-order valence-corrected chi connectivity index (χ2v) is 11.8. The first-order valence-electron chi connectivity index (χ1n) is 12.0. The van der Waals surface area contributed by atoms with Crippen LogP contribution in [0.25, 0.3) is 11.4 Å². The number of nitrogens with zero attached hydrogens (tertiary/aromatic N) is 4. The second kappa shape index (κ2) is 10.4. The molecule has 0 spiro atoms. The standard InChI is InChI=1S/C31H23IN4S/c32-29-22-27(28(37-29)21-23-13-5-1-6-14-23)30-33-35-36(34-30)31(24-15-7-2-8-16-24,25-17-9-3-10-18-25)26-19-11-4-12-20-26/h1-20,22H,21H2. The molecular weight excluding hydrogens is 587 g/mol. The Labute approximate surface area is 233 Å². The highest BCUT2D eigenvalue weighted by molar-refractivity contribution is 14.1. The molecule has 0 unspecified atom stereocenters. The zero-order valence-electron chi connectivity index (χ0n) is 19.9. The predicted octanol–water partition coefficient (Wildman–Crippen LogP) is 7.44. The minimum atomic E-state index is -0.780. The number of aromatic nitrogens is 4. The van der Waals surface area contributed by atoms with Crippen molar-refractivity contribution in [2.45, 2.75) is 12.0 Å². The van der Waals surface area contributed by atoms with Gasteiger partial charge in [0.05, 0.1) is 2.88 Å². The van der Waals surface area contributed by atoms with Gasteiger partial charge in [0.1, 0.15) is 0 Å². The lowest BCUT2D eigenvalue weighted by Crippen LogP contribution is -2.39. The molecule has 6 aromatic rings. The Morgan fingerprint density at radius 2 is 1.16 bits per heavy atom. The van der Waals surface area contributed by atoms with Crippen LogP contribution in [0.15, 0.2) is 127 Å². The van der Waals surface area contributed by atoms with Crippen LogP contribution in [-0.4, -0.2) is 20.2 Å². The maximum absolute atomic E-state index is 5.10. The van der Waals surface area contributed by atoms with Crippen molar-refractivity contribution in [3.63, 3.8) is 0 Å². The van der Waals surface area contributed by atoms with Crippen LogP contribution in [0.3, 0.4) is 0 Å². The summed E-state index contributed by atoms with van der Waals surface area (Å²) in [5, 5.41) is 14.5. The van der Waals surface area contributed by atoms with Gasteiger partial charge in [0, 0.05) is 16.9 Å². The van der Waals surface area contributed by atoms with E-state index in [1.807, 2.05) is 24.3 Å². The van der Waals surface area contributed by atoms with Crippen molar-refractivity contribution in [2.75, 3.05) is 0 Å². The summed E-state index contributed by atoms with van der Waals surface area (Å²) < 4.78 is 1.20. The molecule has 0 saturated heterocycles. The molecule has 0 aliphatic rings. The van der Waals surface area contributed by atoms with Gasteiger partial charge in [-0.3, -0.25) is 0 Å². The highest BCUT2D eigenvalue weighted by Gasteiger charge is 2.41. The zero-order chi connectivity index (χ0) is 25.1. The van der Waals surface area contributed by atoms with E-state index in [2.05, 4.69) is 131 Å². The van der Waals surface area contributed by atoms with Crippen molar-refractivity contribution in [3.05, 3.63) is 157 Å². The molecule has 0 bridgehead atoms. The van der Waals surface area contributed by atoms with Gasteiger partial charge in [0.15, 0.2) is 5.54 Å². The van der Waals surface area contributed by atoms with Gasteiger partial charge in [0.25, 0.3) is 0 Å². The molecule has 4 aromatic carbocycles. The van der Waals surface area contributed by atoms with E-state index < -0.39 is 5.54 Å². The van der Waals surface area contributed by atoms with Crippen molar-refractivity contribution < 1.29 is 0 Å². The Balaban J connectivity index is 1.55. The molecule has 4 nitrogen and oxygen atoms in total. The summed E-state index contributed by atoms with van der Waals surface area (Å²) in [6, 6.07) is 44.0. The third-order valence-electron chi connectivity index (χ3n) is 6.52. The van der Waals surface area contributed by atoms with Crippen molar-refractivity contribution in [3.8, 4) is 11.4 Å². The minimum absolute atomic E-state index is 0.636. The molecular formula is C31H23IN4S. The van der Waals surface area contributed by atoms with Gasteiger partial charge in [-0.05, 0) is 56.1 Å². The topological polar surface area (TPSA) is 43.6 Å². The summed E-state index contributed by atoms with van der Waals surface area (Å²) in [5.74, 6) is 0.636. The van der Waals surface area contributed by atoms with Gasteiger partial charge in [-0.25, -0.2) is 0 Å². The van der Waals surface area contributed by atoms with E-state index in [0.717, 1.165) is 28.7 Å². The molecule has 0 N–H and O–H groups in total. The smallest absolute Gasteiger partial charge is 0.144 e. The van der Waals surface area contributed by atoms with E-state index in [1.165, 1.54) is 13.3 Å². The van der Waals surface area contributed by atoms with E-state index >= 15 is 0 Å². The average Bonchev–Trinajstić information content (AvgIpc) is 3.58. The fourth-order valence-electron chi connectivity index (χ4n) is 4.85. The number of rotatable bonds is 7. The number of halogens is 1. The van der Waals surface area contributed by atoms with Crippen LogP contribution in [0, 0.1) is 2.88 Å². The number of thiophene rings is 1. The van der Waals surface area contributed by atoms with Crippen LogP contribution in [-0.2, 0) is 12.0 Å². The fraction of sp³-hybridized carbons (Fsp3) is 0.0645. The van der Waals surface area contributed by atoms with E-state index in [0.29, 0.717) is 5.82 Å². The fourth-order valence-corrected chi connectivity index (χ4v) is 6.87. The molecule has 37 heavy (non-hydrogen) atoms. The monoisotopic (exact) mass is 610 g/mol. The third kappa shape index (κ3) is 4.51. The largest absolute Gasteiger partial charge is 0.206 e. The number of benzene rings is 4. The molecule has 0 radical (unpaired) electrons. The molecule has 0 atom stereocenters. The summed E-state index contributed by atoms with van der Waals surface area (Å²) in [7, 11) is 0. The normalized spacial score (nSPS) is 11.5. The molecule has 6 rings (SSSR count). The Bertz CT molecular complexity index is 1500. The van der Waals surface area contributed by atoms with Crippen molar-refractivity contribution in [2.24, 2.45) is 0 Å². The SMILES string of the molecule is Ic1cc(-c2nnn(C(c3ccccc3)(c3ccccc3)c3ccccc3)n2)c(Cc2ccccc2)s1. The molecule has 0 aliphatic carbocycles. The zero-order valence-corrected chi connectivity index (χ0v) is 22.9. The summed E-state index contributed by atoms with van der Waals surface area (Å²) in [6.45, 7) is 0. The van der Waals surface area contributed by atoms with Crippen LogP contribution < -0.4 is 0 Å². The van der Waals surface area contributed by atoms with Crippen molar-refractivity contribution in [1.82, 2.24) is 20.2 Å². The van der Waals surface area contributed by atoms with Gasteiger partial charge in [0.2, 0.25) is 5.82 Å². The number of tetrazole rings is 1. The van der Waals surface area contributed by atoms with Crippen molar-refractivity contribution >= 4 is 33.9 Å². The first kappa shape index (κ1) is 23.8. The first-order valence-corrected chi connectivity index (χ1v) is 13.9. The number of hydrogen-bond donors (Lipinski definition) is 0. The second-order valence-electron chi connectivity index (χ2n) is 8.76. The van der Waals surface area contributed by atoms with Gasteiger partial charge in [-0.1, -0.05) is 121 Å². The minimum Gasteiger partial charge on any atom is -0.144 e. The average molecular weight is 611 g/mol. The Hall–Kier alpha value is -3.62. The summed E-state index contributed by atoms with van der Waals surface area (Å²) in [5.41, 5.74) is 4.73. The molecule has 2 heterocycles. The summed E-state index contributed by atoms with van der Waals surface area (Å²) >= 11 is 4.16. The lowest BCUT2D eigenvalue weighted by Gasteiger charge is -2.34. The molecule has 2 aromatic heterocycles. The maximum atomic E-state index is 5.10. The highest BCUT2D eigenvalue weighted by Crippen LogP contribution is 2.40. The predicted molar refractivity (Wildman–Crippen MR) is 158 cm³/mol. The highest BCUT2D eigenvalue weighted by atomic mass is 127. The van der Waals surface area contributed by atoms with E-state index in [1.54, 1.807) is 16.1 Å². The molecule has 180 valence electrons.